The van der Waals surface area contributed by atoms with Crippen molar-refractivity contribution in [2.24, 2.45) is 0 Å². The second-order valence-electron chi connectivity index (χ2n) is 8.95. The third-order valence-corrected chi connectivity index (χ3v) is 8.00. The Morgan fingerprint density at radius 1 is 1.24 bits per heavy atom. The molecule has 2 aromatic heterocycles. The average Bonchev–Trinajstić information content (AvgIpc) is 3.51. The van der Waals surface area contributed by atoms with Crippen molar-refractivity contribution in [2.45, 2.75) is 51.5 Å². The molecule has 1 aliphatic heterocycles. The number of benzene rings is 1. The summed E-state index contributed by atoms with van der Waals surface area (Å²) in [6.45, 7) is 4.44. The van der Waals surface area contributed by atoms with E-state index in [1.165, 1.54) is 0 Å². The van der Waals surface area contributed by atoms with E-state index >= 15 is 0 Å². The molecule has 2 aliphatic rings. The summed E-state index contributed by atoms with van der Waals surface area (Å²) in [7, 11) is -3.08. The molecule has 1 N–H and O–H groups in total. The maximum Gasteiger partial charge on any atom is 0.256 e. The fourth-order valence-electron chi connectivity index (χ4n) is 4.42. The summed E-state index contributed by atoms with van der Waals surface area (Å²) in [5.41, 5.74) is 3.26. The van der Waals surface area contributed by atoms with Gasteiger partial charge in [0, 0.05) is 11.6 Å². The Labute approximate surface area is 193 Å². The topological polar surface area (TPSA) is 103 Å². The molecule has 0 spiro atoms. The van der Waals surface area contributed by atoms with Crippen LogP contribution in [0.3, 0.4) is 0 Å². The highest BCUT2D eigenvalue weighted by molar-refractivity contribution is 7.91. The first-order valence-corrected chi connectivity index (χ1v) is 13.3. The zero-order valence-corrected chi connectivity index (χ0v) is 19.7. The van der Waals surface area contributed by atoms with E-state index in [4.69, 9.17) is 9.72 Å². The molecule has 0 radical (unpaired) electrons. The van der Waals surface area contributed by atoms with Crippen molar-refractivity contribution in [2.75, 3.05) is 23.4 Å². The summed E-state index contributed by atoms with van der Waals surface area (Å²) >= 11 is 0. The van der Waals surface area contributed by atoms with E-state index in [-0.39, 0.29) is 23.5 Å². The Hall–Kier alpha value is -2.94. The Kier molecular flexibility index (Phi) is 5.60. The molecule has 1 amide bonds. The van der Waals surface area contributed by atoms with Crippen LogP contribution in [0.5, 0.6) is 5.75 Å². The molecule has 0 bridgehead atoms. The van der Waals surface area contributed by atoms with Gasteiger partial charge in [-0.3, -0.25) is 4.79 Å². The molecule has 3 heterocycles. The van der Waals surface area contributed by atoms with Gasteiger partial charge < -0.3 is 10.1 Å². The van der Waals surface area contributed by atoms with Crippen LogP contribution in [0, 0.1) is 6.92 Å². The van der Waals surface area contributed by atoms with Gasteiger partial charge in [0.25, 0.3) is 5.91 Å². The predicted octanol–water partition coefficient (Wildman–Crippen LogP) is 4.02. The third-order valence-electron chi connectivity index (χ3n) is 6.25. The first-order valence-electron chi connectivity index (χ1n) is 11.5. The number of fused-ring (bicyclic) bond motifs is 1. The van der Waals surface area contributed by atoms with Crippen molar-refractivity contribution in [3.63, 3.8) is 0 Å². The largest absolute Gasteiger partial charge is 0.491 e. The Balaban J connectivity index is 1.56. The average molecular weight is 469 g/mol. The maximum atomic E-state index is 13.5. The number of hydrogen-bond acceptors (Lipinski definition) is 6. The highest BCUT2D eigenvalue weighted by atomic mass is 32.2. The molecule has 1 saturated carbocycles. The monoisotopic (exact) mass is 468 g/mol. The number of aromatic nitrogens is 3. The van der Waals surface area contributed by atoms with Crippen LogP contribution >= 0.6 is 0 Å². The number of nitrogens with one attached hydrogen (secondary N) is 1. The predicted molar refractivity (Wildman–Crippen MR) is 127 cm³/mol. The molecular weight excluding hydrogens is 440 g/mol. The van der Waals surface area contributed by atoms with Crippen LogP contribution in [0.15, 0.2) is 30.3 Å². The number of carbonyl (C=O) groups is 1. The van der Waals surface area contributed by atoms with Crippen LogP contribution < -0.4 is 10.1 Å². The fraction of sp³-hybridized carbons (Fsp3) is 0.458. The molecule has 9 heteroatoms. The van der Waals surface area contributed by atoms with E-state index in [9.17, 15) is 13.2 Å². The van der Waals surface area contributed by atoms with Gasteiger partial charge in [0.2, 0.25) is 0 Å². The zero-order chi connectivity index (χ0) is 23.2. The van der Waals surface area contributed by atoms with E-state index in [1.807, 2.05) is 44.2 Å². The van der Waals surface area contributed by atoms with E-state index in [2.05, 4.69) is 10.4 Å². The van der Waals surface area contributed by atoms with Gasteiger partial charge in [-0.1, -0.05) is 19.1 Å². The summed E-state index contributed by atoms with van der Waals surface area (Å²) in [6.07, 6.45) is 3.46. The molecule has 8 nitrogen and oxygen atoms in total. The lowest BCUT2D eigenvalue weighted by Gasteiger charge is -2.14. The lowest BCUT2D eigenvalue weighted by atomic mass is 10.1. The van der Waals surface area contributed by atoms with E-state index in [1.54, 1.807) is 4.68 Å². The lowest BCUT2D eigenvalue weighted by molar-refractivity contribution is 0.102. The quantitative estimate of drug-likeness (QED) is 0.562. The second-order valence-corrected chi connectivity index (χ2v) is 11.2. The molecule has 174 valence electrons. The van der Waals surface area contributed by atoms with Gasteiger partial charge in [-0.25, -0.2) is 18.1 Å². The van der Waals surface area contributed by atoms with Gasteiger partial charge in [-0.2, -0.15) is 5.10 Å². The van der Waals surface area contributed by atoms with Crippen LogP contribution in [-0.4, -0.2) is 47.2 Å². The van der Waals surface area contributed by atoms with Crippen LogP contribution in [0.25, 0.3) is 11.0 Å². The van der Waals surface area contributed by atoms with Crippen molar-refractivity contribution in [3.05, 3.63) is 47.3 Å². The Morgan fingerprint density at radius 2 is 2.03 bits per heavy atom. The first kappa shape index (κ1) is 21.9. The summed E-state index contributed by atoms with van der Waals surface area (Å²) < 4.78 is 31.7. The fourth-order valence-corrected chi connectivity index (χ4v) is 6.11. The van der Waals surface area contributed by atoms with Crippen molar-refractivity contribution < 1.29 is 17.9 Å². The number of ether oxygens (including phenoxy) is 1. The summed E-state index contributed by atoms with van der Waals surface area (Å²) in [5.74, 6) is 0.921. The SMILES string of the molecule is CCCOc1ccccc1NC(=O)c1cc(C2CC2)nc2c1c(C)nn2[C@@H]1CCS(=O)(=O)C1. The van der Waals surface area contributed by atoms with Gasteiger partial charge >= 0.3 is 0 Å². The number of aryl methyl sites for hydroxylation is 1. The van der Waals surface area contributed by atoms with Gasteiger partial charge in [0.1, 0.15) is 5.75 Å². The number of carbonyl (C=O) groups excluding carboxylic acids is 1. The summed E-state index contributed by atoms with van der Waals surface area (Å²) in [5, 5.41) is 8.33. The molecular formula is C24H28N4O4S. The number of nitrogens with zero attached hydrogens (tertiary/aromatic N) is 3. The van der Waals surface area contributed by atoms with Crippen LogP contribution in [0.2, 0.25) is 0 Å². The van der Waals surface area contributed by atoms with Crippen LogP contribution in [0.4, 0.5) is 5.69 Å². The second kappa shape index (κ2) is 8.44. The summed E-state index contributed by atoms with van der Waals surface area (Å²) in [4.78, 5) is 18.4. The number of pyridine rings is 1. The summed E-state index contributed by atoms with van der Waals surface area (Å²) in [6, 6.07) is 9.01. The minimum Gasteiger partial charge on any atom is -0.491 e. The maximum absolute atomic E-state index is 13.5. The number of hydrogen-bond donors (Lipinski definition) is 1. The smallest absolute Gasteiger partial charge is 0.256 e. The van der Waals surface area contributed by atoms with Crippen molar-refractivity contribution in [3.8, 4) is 5.75 Å². The highest BCUT2D eigenvalue weighted by Crippen LogP contribution is 2.41. The molecule has 1 aliphatic carbocycles. The van der Waals surface area contributed by atoms with E-state index < -0.39 is 9.84 Å². The first-order chi connectivity index (χ1) is 15.9. The molecule has 5 rings (SSSR count). The molecule has 33 heavy (non-hydrogen) atoms. The number of sulfone groups is 1. The van der Waals surface area contributed by atoms with Crippen LogP contribution in [-0.2, 0) is 9.84 Å². The van der Waals surface area contributed by atoms with Crippen molar-refractivity contribution in [1.82, 2.24) is 14.8 Å². The van der Waals surface area contributed by atoms with E-state index in [0.29, 0.717) is 52.7 Å². The number of amides is 1. The van der Waals surface area contributed by atoms with Crippen molar-refractivity contribution >= 4 is 32.5 Å². The van der Waals surface area contributed by atoms with Gasteiger partial charge in [0.05, 0.1) is 46.5 Å². The van der Waals surface area contributed by atoms with Crippen molar-refractivity contribution in [1.29, 1.82) is 0 Å². The molecule has 3 aromatic rings. The van der Waals surface area contributed by atoms with Gasteiger partial charge in [-0.05, 0) is 50.8 Å². The molecule has 1 atom stereocenters. The molecule has 0 unspecified atom stereocenters. The Bertz CT molecular complexity index is 1330. The lowest BCUT2D eigenvalue weighted by Crippen LogP contribution is -2.16. The van der Waals surface area contributed by atoms with Gasteiger partial charge in [0.15, 0.2) is 15.5 Å². The molecule has 1 aromatic carbocycles. The third kappa shape index (κ3) is 4.34. The number of rotatable bonds is 7. The minimum absolute atomic E-state index is 0.0578. The highest BCUT2D eigenvalue weighted by Gasteiger charge is 2.34. The number of anilines is 1. The normalized spacial score (nSPS) is 19.6. The molecule has 1 saturated heterocycles. The van der Waals surface area contributed by atoms with E-state index in [0.717, 1.165) is 25.0 Å². The number of para-hydroxylation sites is 2. The van der Waals surface area contributed by atoms with Gasteiger partial charge in [-0.15, -0.1) is 0 Å². The minimum atomic E-state index is -3.08. The standard InChI is InChI=1S/C24H28N4O4S/c1-3-11-32-21-7-5-4-6-19(21)26-24(29)18-13-20(16-8-9-16)25-23-22(18)15(2)27-28(23)17-10-12-33(30,31)14-17/h4-7,13,16-17H,3,8-12,14H2,1-2H3,(H,26,29)/t17-/m1/s1. The molecule has 2 fully saturated rings. The Morgan fingerprint density at radius 3 is 2.73 bits per heavy atom. The van der Waals surface area contributed by atoms with Crippen LogP contribution in [0.1, 0.15) is 66.3 Å². The zero-order valence-electron chi connectivity index (χ0n) is 18.9.